The Balaban J connectivity index is 1.28. The minimum Gasteiger partial charge on any atom is -0.492 e. The standard InChI is InChI=1S/C34H30F3N3O5S2/c35-34(36,37)27-20-28-24(7-9-38-28)19-25(27)26-17-22(3-6-29(26)45-16-13-39-11-14-44-15-12-39)18-30-31(41)40(33(46)47-30)10-8-21-1-4-23(5-2-21)32(42)43/h1-7,9,17-20,38H,8,10-16H2,(H,42,43)/b30-18-. The van der Waals surface area contributed by atoms with E-state index in [0.717, 1.165) is 36.5 Å². The Kier molecular flexibility index (Phi) is 9.69. The number of carboxylic acid groups (broad SMARTS) is 1. The van der Waals surface area contributed by atoms with Crippen LogP contribution in [-0.2, 0) is 22.1 Å². The average molecular weight is 682 g/mol. The molecular formula is C34H30F3N3O5S2. The molecule has 2 fully saturated rings. The zero-order chi connectivity index (χ0) is 33.1. The van der Waals surface area contributed by atoms with Gasteiger partial charge in [0.15, 0.2) is 0 Å². The molecule has 0 spiro atoms. The molecule has 8 nitrogen and oxygen atoms in total. The molecule has 4 aromatic rings. The van der Waals surface area contributed by atoms with E-state index in [1.165, 1.54) is 23.1 Å². The predicted molar refractivity (Wildman–Crippen MR) is 178 cm³/mol. The molecule has 47 heavy (non-hydrogen) atoms. The van der Waals surface area contributed by atoms with Gasteiger partial charge in [0, 0.05) is 43.5 Å². The zero-order valence-corrected chi connectivity index (χ0v) is 26.6. The number of morpholine rings is 1. The van der Waals surface area contributed by atoms with E-state index in [1.807, 2.05) is 0 Å². The number of nitrogens with one attached hydrogen (secondary N) is 1. The molecule has 0 bridgehead atoms. The average Bonchev–Trinajstić information content (AvgIpc) is 3.62. The molecule has 0 aliphatic carbocycles. The topological polar surface area (TPSA) is 95.1 Å². The van der Waals surface area contributed by atoms with Crippen LogP contribution in [0, 0.1) is 0 Å². The highest BCUT2D eigenvalue weighted by molar-refractivity contribution is 8.26. The fourth-order valence-corrected chi connectivity index (χ4v) is 6.85. The van der Waals surface area contributed by atoms with Crippen LogP contribution < -0.4 is 4.74 Å². The van der Waals surface area contributed by atoms with Crippen molar-refractivity contribution in [2.75, 3.05) is 46.0 Å². The van der Waals surface area contributed by atoms with Crippen LogP contribution in [0.5, 0.6) is 5.75 Å². The molecule has 2 N–H and O–H groups in total. The highest BCUT2D eigenvalue weighted by atomic mass is 32.2. The van der Waals surface area contributed by atoms with Gasteiger partial charge in [0.25, 0.3) is 5.91 Å². The lowest BCUT2D eigenvalue weighted by Gasteiger charge is -2.26. The van der Waals surface area contributed by atoms with Gasteiger partial charge in [0.2, 0.25) is 0 Å². The molecule has 6 rings (SSSR count). The van der Waals surface area contributed by atoms with Gasteiger partial charge in [0.1, 0.15) is 16.7 Å². The molecule has 3 aromatic carbocycles. The second-order valence-corrected chi connectivity index (χ2v) is 12.8. The molecule has 1 aromatic heterocycles. The molecule has 2 aliphatic rings. The fourth-order valence-electron chi connectivity index (χ4n) is 5.54. The number of aromatic carboxylic acids is 1. The molecule has 13 heteroatoms. The number of carbonyl (C=O) groups is 2. The summed E-state index contributed by atoms with van der Waals surface area (Å²) in [6, 6.07) is 15.7. The molecule has 1 amide bonds. The van der Waals surface area contributed by atoms with Gasteiger partial charge in [-0.05, 0) is 77.0 Å². The van der Waals surface area contributed by atoms with E-state index in [4.69, 9.17) is 26.8 Å². The van der Waals surface area contributed by atoms with E-state index in [1.54, 1.807) is 48.7 Å². The number of benzene rings is 3. The third kappa shape index (κ3) is 7.54. The quantitative estimate of drug-likeness (QED) is 0.141. The van der Waals surface area contributed by atoms with Crippen molar-refractivity contribution in [3.05, 3.63) is 94.0 Å². The maximum atomic E-state index is 14.4. The van der Waals surface area contributed by atoms with Crippen LogP contribution in [0.2, 0.25) is 0 Å². The van der Waals surface area contributed by atoms with Crippen molar-refractivity contribution in [1.29, 1.82) is 0 Å². The normalized spacial score (nSPS) is 16.8. The van der Waals surface area contributed by atoms with Crippen molar-refractivity contribution < 1.29 is 37.3 Å². The first-order valence-electron chi connectivity index (χ1n) is 14.9. The number of thioether (sulfide) groups is 1. The van der Waals surface area contributed by atoms with E-state index >= 15 is 0 Å². The number of nitrogens with zero attached hydrogens (tertiary/aromatic N) is 2. The van der Waals surface area contributed by atoms with Gasteiger partial charge >= 0.3 is 12.1 Å². The number of aromatic amines is 1. The third-order valence-corrected chi connectivity index (χ3v) is 9.43. The van der Waals surface area contributed by atoms with Crippen molar-refractivity contribution in [1.82, 2.24) is 14.8 Å². The van der Waals surface area contributed by atoms with E-state index in [0.29, 0.717) is 64.2 Å². The first-order chi connectivity index (χ1) is 22.6. The Hall–Kier alpha value is -4.17. The van der Waals surface area contributed by atoms with Gasteiger partial charge in [-0.1, -0.05) is 42.2 Å². The minimum absolute atomic E-state index is 0.0253. The van der Waals surface area contributed by atoms with E-state index in [-0.39, 0.29) is 29.2 Å². The second-order valence-electron chi connectivity index (χ2n) is 11.1. The highest BCUT2D eigenvalue weighted by Crippen LogP contribution is 2.43. The molecule has 0 unspecified atom stereocenters. The Morgan fingerprint density at radius 2 is 1.81 bits per heavy atom. The molecule has 0 saturated carbocycles. The Morgan fingerprint density at radius 3 is 2.53 bits per heavy atom. The number of H-pyrrole nitrogens is 1. The lowest BCUT2D eigenvalue weighted by molar-refractivity contribution is -0.137. The van der Waals surface area contributed by atoms with Crippen molar-refractivity contribution in [2.24, 2.45) is 0 Å². The number of fused-ring (bicyclic) bond motifs is 1. The Bertz CT molecular complexity index is 1850. The SMILES string of the molecule is O=C(O)c1ccc(CCN2C(=O)/C(=C/c3ccc(OCCN4CCOCC4)c(-c4cc5cc[nH]c5cc4C(F)(F)F)c3)SC2=S)cc1. The smallest absolute Gasteiger partial charge is 0.417 e. The van der Waals surface area contributed by atoms with Gasteiger partial charge in [-0.2, -0.15) is 13.2 Å². The van der Waals surface area contributed by atoms with Crippen LogP contribution in [0.15, 0.2) is 71.8 Å². The Morgan fingerprint density at radius 1 is 1.04 bits per heavy atom. The number of carboxylic acids is 1. The zero-order valence-electron chi connectivity index (χ0n) is 25.0. The van der Waals surface area contributed by atoms with Crippen LogP contribution in [0.3, 0.4) is 0 Å². The molecular weight excluding hydrogens is 652 g/mol. The van der Waals surface area contributed by atoms with Crippen LogP contribution in [0.4, 0.5) is 13.2 Å². The van der Waals surface area contributed by atoms with Crippen molar-refractivity contribution >= 4 is 57.2 Å². The van der Waals surface area contributed by atoms with Gasteiger partial charge in [-0.15, -0.1) is 0 Å². The predicted octanol–water partition coefficient (Wildman–Crippen LogP) is 6.71. The summed E-state index contributed by atoms with van der Waals surface area (Å²) in [6.45, 7) is 3.92. The van der Waals surface area contributed by atoms with Crippen LogP contribution in [0.25, 0.3) is 28.1 Å². The van der Waals surface area contributed by atoms with Crippen LogP contribution in [0.1, 0.15) is 27.0 Å². The summed E-state index contributed by atoms with van der Waals surface area (Å²) < 4.78 is 55.2. The van der Waals surface area contributed by atoms with Gasteiger partial charge in [0.05, 0.1) is 29.2 Å². The summed E-state index contributed by atoms with van der Waals surface area (Å²) in [6.07, 6.45) is -0.948. The van der Waals surface area contributed by atoms with Gasteiger partial charge in [-0.25, -0.2) is 4.79 Å². The molecule has 0 atom stereocenters. The number of halogens is 3. The summed E-state index contributed by atoms with van der Waals surface area (Å²) in [7, 11) is 0. The molecule has 2 saturated heterocycles. The summed E-state index contributed by atoms with van der Waals surface area (Å²) >= 11 is 6.61. The number of aromatic nitrogens is 1. The largest absolute Gasteiger partial charge is 0.492 e. The highest BCUT2D eigenvalue weighted by Gasteiger charge is 2.35. The first kappa shape index (κ1) is 32.8. The van der Waals surface area contributed by atoms with Gasteiger partial charge < -0.3 is 19.6 Å². The number of amides is 1. The van der Waals surface area contributed by atoms with Crippen molar-refractivity contribution in [3.63, 3.8) is 0 Å². The summed E-state index contributed by atoms with van der Waals surface area (Å²) in [5.41, 5.74) is 1.35. The number of carbonyl (C=O) groups excluding carboxylic acids is 1. The minimum atomic E-state index is -4.63. The monoisotopic (exact) mass is 681 g/mol. The molecule has 2 aliphatic heterocycles. The first-order valence-corrected chi connectivity index (χ1v) is 16.1. The van der Waals surface area contributed by atoms with E-state index in [2.05, 4.69) is 9.88 Å². The fraction of sp³-hybridized carbons (Fsp3) is 0.265. The number of thiocarbonyl (C=S) groups is 1. The molecule has 0 radical (unpaired) electrons. The number of rotatable bonds is 10. The van der Waals surface area contributed by atoms with Gasteiger partial charge in [-0.3, -0.25) is 14.6 Å². The lowest BCUT2D eigenvalue weighted by atomic mass is 9.95. The summed E-state index contributed by atoms with van der Waals surface area (Å²) in [5.74, 6) is -1.02. The number of alkyl halides is 3. The maximum absolute atomic E-state index is 14.4. The third-order valence-electron chi connectivity index (χ3n) is 8.06. The second kappa shape index (κ2) is 13.9. The maximum Gasteiger partial charge on any atom is 0.417 e. The van der Waals surface area contributed by atoms with E-state index in [9.17, 15) is 22.8 Å². The molecule has 244 valence electrons. The van der Waals surface area contributed by atoms with Crippen molar-refractivity contribution in [2.45, 2.75) is 12.6 Å². The Labute approximate surface area is 278 Å². The number of hydrogen-bond donors (Lipinski definition) is 2. The van der Waals surface area contributed by atoms with E-state index < -0.39 is 17.7 Å². The number of ether oxygens (including phenoxy) is 2. The molecule has 3 heterocycles. The van der Waals surface area contributed by atoms with Crippen molar-refractivity contribution in [3.8, 4) is 16.9 Å². The van der Waals surface area contributed by atoms with Crippen LogP contribution in [-0.4, -0.2) is 82.1 Å². The summed E-state index contributed by atoms with van der Waals surface area (Å²) in [4.78, 5) is 31.4. The number of hydrogen-bond acceptors (Lipinski definition) is 7. The summed E-state index contributed by atoms with van der Waals surface area (Å²) in [5, 5.41) is 9.74. The lowest BCUT2D eigenvalue weighted by Crippen LogP contribution is -2.38. The van der Waals surface area contributed by atoms with Crippen LogP contribution >= 0.6 is 24.0 Å².